The van der Waals surface area contributed by atoms with Gasteiger partial charge in [0, 0.05) is 0 Å². The highest BCUT2D eigenvalue weighted by Gasteiger charge is 2.53. The van der Waals surface area contributed by atoms with Gasteiger partial charge >= 0.3 is 5.97 Å². The lowest BCUT2D eigenvalue weighted by Gasteiger charge is -2.46. The standard InChI is InChI=1S/C15H24O2/c1-2-5-17-14(16)15-8-11-3-4-12(9-15)7-13(6-11)10-15/h11-13H,2-10H2,1H3/t11-,12-,13?,15?/m1/s1. The summed E-state index contributed by atoms with van der Waals surface area (Å²) < 4.78 is 5.49. The van der Waals surface area contributed by atoms with Gasteiger partial charge in [-0.25, -0.2) is 0 Å². The SMILES string of the molecule is CCCOC(=O)C12CC3C[C@@H](CC[C@H](C3)C1)C2. The zero-order valence-corrected chi connectivity index (χ0v) is 10.9. The topological polar surface area (TPSA) is 26.3 Å². The molecule has 0 aromatic carbocycles. The van der Waals surface area contributed by atoms with E-state index in [1.807, 2.05) is 0 Å². The molecule has 0 aliphatic heterocycles. The van der Waals surface area contributed by atoms with Crippen molar-refractivity contribution in [1.29, 1.82) is 0 Å². The molecule has 0 N–H and O–H groups in total. The van der Waals surface area contributed by atoms with Crippen molar-refractivity contribution >= 4 is 5.97 Å². The molecule has 4 aliphatic rings. The summed E-state index contributed by atoms with van der Waals surface area (Å²) in [6, 6.07) is 0. The van der Waals surface area contributed by atoms with E-state index in [0.717, 1.165) is 43.4 Å². The van der Waals surface area contributed by atoms with Crippen molar-refractivity contribution in [2.45, 2.75) is 58.3 Å². The largest absolute Gasteiger partial charge is 0.465 e. The van der Waals surface area contributed by atoms with Crippen molar-refractivity contribution in [3.05, 3.63) is 0 Å². The number of rotatable bonds is 3. The van der Waals surface area contributed by atoms with Crippen molar-refractivity contribution in [1.82, 2.24) is 0 Å². The Morgan fingerprint density at radius 3 is 2.29 bits per heavy atom. The molecule has 4 rings (SSSR count). The van der Waals surface area contributed by atoms with Gasteiger partial charge in [-0.2, -0.15) is 0 Å². The maximum Gasteiger partial charge on any atom is 0.312 e. The molecule has 2 nitrogen and oxygen atoms in total. The summed E-state index contributed by atoms with van der Waals surface area (Å²) in [5.74, 6) is 2.59. The highest BCUT2D eigenvalue weighted by atomic mass is 16.5. The molecule has 4 aliphatic carbocycles. The molecule has 4 bridgehead atoms. The molecule has 0 saturated heterocycles. The monoisotopic (exact) mass is 236 g/mol. The molecule has 0 amide bonds. The van der Waals surface area contributed by atoms with Crippen LogP contribution < -0.4 is 0 Å². The van der Waals surface area contributed by atoms with E-state index in [-0.39, 0.29) is 11.4 Å². The molecular formula is C15H24O2. The Morgan fingerprint density at radius 2 is 1.71 bits per heavy atom. The fraction of sp³-hybridized carbons (Fsp3) is 0.933. The maximum absolute atomic E-state index is 12.4. The predicted octanol–water partition coefficient (Wildman–Crippen LogP) is 3.55. The van der Waals surface area contributed by atoms with Gasteiger partial charge in [0.05, 0.1) is 12.0 Å². The van der Waals surface area contributed by atoms with Crippen LogP contribution in [0.25, 0.3) is 0 Å². The van der Waals surface area contributed by atoms with Gasteiger partial charge in [0.25, 0.3) is 0 Å². The number of fused-ring (bicyclic) bond motifs is 1. The highest BCUT2D eigenvalue weighted by molar-refractivity contribution is 5.77. The number of hydrogen-bond donors (Lipinski definition) is 0. The Bertz CT molecular complexity index is 294. The van der Waals surface area contributed by atoms with E-state index in [1.54, 1.807) is 0 Å². The van der Waals surface area contributed by atoms with Gasteiger partial charge < -0.3 is 4.74 Å². The Kier molecular flexibility index (Phi) is 2.92. The fourth-order valence-electron chi connectivity index (χ4n) is 4.79. The lowest BCUT2D eigenvalue weighted by Crippen LogP contribution is -2.44. The quantitative estimate of drug-likeness (QED) is 0.700. The number of esters is 1. The first-order valence-corrected chi connectivity index (χ1v) is 7.39. The third-order valence-electron chi connectivity index (χ3n) is 5.23. The van der Waals surface area contributed by atoms with E-state index in [0.29, 0.717) is 6.61 Å². The maximum atomic E-state index is 12.4. The van der Waals surface area contributed by atoms with Gasteiger partial charge in [0.1, 0.15) is 0 Å². The molecule has 2 atom stereocenters. The van der Waals surface area contributed by atoms with Crippen LogP contribution in [0.2, 0.25) is 0 Å². The van der Waals surface area contributed by atoms with E-state index in [2.05, 4.69) is 6.92 Å². The fourth-order valence-corrected chi connectivity index (χ4v) is 4.79. The number of carbonyl (C=O) groups excluding carboxylic acids is 1. The van der Waals surface area contributed by atoms with Crippen LogP contribution in [-0.4, -0.2) is 12.6 Å². The molecule has 0 unspecified atom stereocenters. The highest BCUT2D eigenvalue weighted by Crippen LogP contribution is 2.58. The smallest absolute Gasteiger partial charge is 0.312 e. The lowest BCUT2D eigenvalue weighted by atomic mass is 9.58. The van der Waals surface area contributed by atoms with Crippen molar-refractivity contribution in [3.63, 3.8) is 0 Å². The Hall–Kier alpha value is -0.530. The summed E-state index contributed by atoms with van der Waals surface area (Å²) in [7, 11) is 0. The summed E-state index contributed by atoms with van der Waals surface area (Å²) in [5, 5.41) is 0. The molecule has 0 aromatic rings. The molecular weight excluding hydrogens is 212 g/mol. The van der Waals surface area contributed by atoms with Crippen molar-refractivity contribution in [2.24, 2.45) is 23.2 Å². The van der Waals surface area contributed by atoms with Crippen LogP contribution >= 0.6 is 0 Å². The van der Waals surface area contributed by atoms with Gasteiger partial charge in [-0.15, -0.1) is 0 Å². The van der Waals surface area contributed by atoms with E-state index in [9.17, 15) is 4.79 Å². The minimum atomic E-state index is -0.0673. The first-order valence-electron chi connectivity index (χ1n) is 7.39. The minimum absolute atomic E-state index is 0.0673. The number of ether oxygens (including phenoxy) is 1. The average molecular weight is 236 g/mol. The van der Waals surface area contributed by atoms with E-state index in [1.165, 1.54) is 25.7 Å². The molecule has 0 heterocycles. The molecule has 0 spiro atoms. The van der Waals surface area contributed by atoms with Crippen molar-refractivity contribution in [2.75, 3.05) is 6.61 Å². The third kappa shape index (κ3) is 2.00. The average Bonchev–Trinajstić information content (AvgIpc) is 2.53. The molecule has 0 radical (unpaired) electrons. The van der Waals surface area contributed by atoms with E-state index in [4.69, 9.17) is 4.74 Å². The van der Waals surface area contributed by atoms with Crippen LogP contribution in [0.4, 0.5) is 0 Å². The van der Waals surface area contributed by atoms with Crippen LogP contribution in [0.5, 0.6) is 0 Å². The molecule has 2 heteroatoms. The summed E-state index contributed by atoms with van der Waals surface area (Å²) in [6.45, 7) is 2.68. The van der Waals surface area contributed by atoms with E-state index >= 15 is 0 Å². The first kappa shape index (κ1) is 11.6. The summed E-state index contributed by atoms with van der Waals surface area (Å²) >= 11 is 0. The van der Waals surface area contributed by atoms with Gasteiger partial charge in [-0.05, 0) is 56.3 Å². The molecule has 17 heavy (non-hydrogen) atoms. The summed E-state index contributed by atoms with van der Waals surface area (Å²) in [5.41, 5.74) is -0.0673. The van der Waals surface area contributed by atoms with E-state index < -0.39 is 0 Å². The molecule has 4 saturated carbocycles. The second kappa shape index (κ2) is 4.29. The Labute approximate surface area is 104 Å². The lowest BCUT2D eigenvalue weighted by molar-refractivity contribution is -0.164. The minimum Gasteiger partial charge on any atom is -0.465 e. The molecule has 0 aromatic heterocycles. The second-order valence-electron chi connectivity index (χ2n) is 6.68. The van der Waals surface area contributed by atoms with Gasteiger partial charge in [-0.3, -0.25) is 4.79 Å². The van der Waals surface area contributed by atoms with Gasteiger partial charge in [-0.1, -0.05) is 19.8 Å². The summed E-state index contributed by atoms with van der Waals surface area (Å²) in [6.07, 6.45) is 9.83. The number of carbonyl (C=O) groups is 1. The van der Waals surface area contributed by atoms with Gasteiger partial charge in [0.2, 0.25) is 0 Å². The molecule has 96 valence electrons. The van der Waals surface area contributed by atoms with Crippen LogP contribution in [-0.2, 0) is 9.53 Å². The zero-order chi connectivity index (χ0) is 11.9. The van der Waals surface area contributed by atoms with Crippen LogP contribution in [0, 0.1) is 23.2 Å². The normalized spacial score (nSPS) is 43.5. The second-order valence-corrected chi connectivity index (χ2v) is 6.68. The Balaban J connectivity index is 1.79. The predicted molar refractivity (Wildman–Crippen MR) is 66.5 cm³/mol. The van der Waals surface area contributed by atoms with Crippen LogP contribution in [0.15, 0.2) is 0 Å². The molecule has 4 fully saturated rings. The zero-order valence-electron chi connectivity index (χ0n) is 10.9. The van der Waals surface area contributed by atoms with Gasteiger partial charge in [0.15, 0.2) is 0 Å². The Morgan fingerprint density at radius 1 is 1.12 bits per heavy atom. The first-order chi connectivity index (χ1) is 8.22. The summed E-state index contributed by atoms with van der Waals surface area (Å²) in [4.78, 5) is 12.4. The van der Waals surface area contributed by atoms with Crippen LogP contribution in [0.3, 0.4) is 0 Å². The van der Waals surface area contributed by atoms with Crippen LogP contribution in [0.1, 0.15) is 58.3 Å². The third-order valence-corrected chi connectivity index (χ3v) is 5.23. The number of hydrogen-bond acceptors (Lipinski definition) is 2. The van der Waals surface area contributed by atoms with Crippen molar-refractivity contribution in [3.8, 4) is 0 Å². The van der Waals surface area contributed by atoms with Crippen molar-refractivity contribution < 1.29 is 9.53 Å².